The van der Waals surface area contributed by atoms with Crippen molar-refractivity contribution in [1.82, 2.24) is 29.8 Å². The molecule has 2 unspecified atom stereocenters. The van der Waals surface area contributed by atoms with Gasteiger partial charge in [0.15, 0.2) is 0 Å². The average Bonchev–Trinajstić information content (AvgIpc) is 4.26. The Hall–Kier alpha value is -4.67. The summed E-state index contributed by atoms with van der Waals surface area (Å²) in [5, 5.41) is 13.2. The standard InChI is InChI=1S/C35H36ClN3O4S.C20H26ClN3O2S/c1-35(16-19-42-20-17-35)33(40)39-23(12-13-24-14-15-32(36)44-24)21-30(37-39)31-11-6-18-38(31)34(41)43-22-29-27-9-4-2-7-25(27)26-8-3-5-10-28(26)29;1-20(8-11-26-12-9-20)19(25)24-14(4-5-15-6-7-18(21)27-15)13-17(23-24)16-3-2-10-22-16/h2-5,7-10,14-15,21,29,31H,6,11-13,16-20,22H2,1H3;6-7,13,16,22H,2-5,8-12H2,1H3. The fourth-order valence-corrected chi connectivity index (χ4v) is 13.1. The van der Waals surface area contributed by atoms with Gasteiger partial charge in [-0.25, -0.2) is 14.2 Å². The molecule has 0 spiro atoms. The van der Waals surface area contributed by atoms with Gasteiger partial charge in [0.2, 0.25) is 0 Å². The van der Waals surface area contributed by atoms with Crippen molar-refractivity contribution in [2.45, 2.75) is 109 Å². The van der Waals surface area contributed by atoms with Gasteiger partial charge >= 0.3 is 6.09 Å². The van der Waals surface area contributed by atoms with Crippen molar-refractivity contribution in [2.75, 3.05) is 46.1 Å². The van der Waals surface area contributed by atoms with Crippen molar-refractivity contribution < 1.29 is 28.6 Å². The predicted molar refractivity (Wildman–Crippen MR) is 279 cm³/mol. The van der Waals surface area contributed by atoms with Gasteiger partial charge < -0.3 is 19.5 Å². The first-order chi connectivity index (χ1) is 34.5. The average molecular weight is 1040 g/mol. The lowest BCUT2D eigenvalue weighted by molar-refractivity contribution is 0.0163. The van der Waals surface area contributed by atoms with Gasteiger partial charge in [0, 0.05) is 60.0 Å². The first kappa shape index (κ1) is 49.9. The van der Waals surface area contributed by atoms with Crippen molar-refractivity contribution in [3.8, 4) is 11.1 Å². The van der Waals surface area contributed by atoms with Crippen LogP contribution in [0.5, 0.6) is 0 Å². The van der Waals surface area contributed by atoms with E-state index in [1.807, 2.05) is 43.3 Å². The molecule has 1 aliphatic carbocycles. The van der Waals surface area contributed by atoms with Gasteiger partial charge in [-0.05, 0) is 142 Å². The van der Waals surface area contributed by atoms with Crippen molar-refractivity contribution in [3.63, 3.8) is 0 Å². The Labute approximate surface area is 434 Å². The number of thiophene rings is 2. The summed E-state index contributed by atoms with van der Waals surface area (Å²) in [6.45, 7) is 8.38. The number of halogens is 2. The Morgan fingerprint density at radius 3 is 1.72 bits per heavy atom. The molecule has 2 atom stereocenters. The second-order valence-corrected chi connectivity index (χ2v) is 23.7. The third-order valence-electron chi connectivity index (χ3n) is 15.3. The number of aryl methyl sites for hydroxylation is 4. The highest BCUT2D eigenvalue weighted by Gasteiger charge is 2.41. The number of ether oxygens (including phenoxy) is 3. The smallest absolute Gasteiger partial charge is 0.410 e. The fourth-order valence-electron chi connectivity index (χ4n) is 10.9. The number of nitrogens with zero attached hydrogens (tertiary/aromatic N) is 5. The number of likely N-dealkylation sites (tertiary alicyclic amines) is 1. The first-order valence-corrected chi connectivity index (χ1v) is 27.6. The molecular weight excluding hydrogens is 976 g/mol. The maximum Gasteiger partial charge on any atom is 0.410 e. The Kier molecular flexibility index (Phi) is 15.3. The molecule has 374 valence electrons. The van der Waals surface area contributed by atoms with Crippen LogP contribution in [0.3, 0.4) is 0 Å². The summed E-state index contributed by atoms with van der Waals surface area (Å²) < 4.78 is 21.9. The minimum atomic E-state index is -0.537. The number of rotatable bonds is 12. The van der Waals surface area contributed by atoms with Crippen LogP contribution in [-0.4, -0.2) is 88.5 Å². The molecule has 6 aromatic rings. The summed E-state index contributed by atoms with van der Waals surface area (Å²) in [6, 6.07) is 28.8. The molecule has 2 aromatic carbocycles. The minimum Gasteiger partial charge on any atom is -0.448 e. The van der Waals surface area contributed by atoms with Gasteiger partial charge in [0.1, 0.15) is 6.61 Å². The van der Waals surface area contributed by atoms with Crippen LogP contribution in [0.25, 0.3) is 11.1 Å². The van der Waals surface area contributed by atoms with E-state index in [2.05, 4.69) is 60.8 Å². The largest absolute Gasteiger partial charge is 0.448 e. The summed E-state index contributed by atoms with van der Waals surface area (Å²) in [5.74, 6) is 0.105. The van der Waals surface area contributed by atoms with Gasteiger partial charge in [0.05, 0.1) is 43.0 Å². The number of hydrogen-bond acceptors (Lipinski definition) is 11. The number of aromatic nitrogens is 4. The van der Waals surface area contributed by atoms with Crippen molar-refractivity contribution in [3.05, 3.63) is 137 Å². The van der Waals surface area contributed by atoms with E-state index in [1.165, 1.54) is 27.1 Å². The molecular formula is C55H62Cl2N6O6S2. The van der Waals surface area contributed by atoms with E-state index in [4.69, 9.17) is 47.6 Å². The number of carbonyl (C=O) groups is 3. The molecule has 5 aliphatic rings. The van der Waals surface area contributed by atoms with E-state index in [-0.39, 0.29) is 42.5 Å². The number of nitrogens with one attached hydrogen (secondary N) is 1. The highest BCUT2D eigenvalue weighted by atomic mass is 35.5. The SMILES string of the molecule is CC1(C(=O)n2nc(C3CCCN3)cc2CCc2ccc(Cl)s2)CCOCC1.CC1(C(=O)n2nc(C3CCCN3C(=O)OCC3c4ccccc4-c4ccccc43)cc2CCc2ccc(Cl)s2)CCOCC1. The molecule has 4 aliphatic heterocycles. The molecule has 4 fully saturated rings. The molecule has 0 bridgehead atoms. The molecule has 16 heteroatoms. The van der Waals surface area contributed by atoms with Crippen LogP contribution in [0, 0.1) is 10.8 Å². The van der Waals surface area contributed by atoms with E-state index >= 15 is 0 Å². The summed E-state index contributed by atoms with van der Waals surface area (Å²) in [6.07, 6.45) is 9.44. The number of fused-ring (bicyclic) bond motifs is 3. The van der Waals surface area contributed by atoms with E-state index in [1.54, 1.807) is 36.9 Å². The molecule has 12 nitrogen and oxygen atoms in total. The second-order valence-electron chi connectivity index (χ2n) is 20.1. The molecule has 4 saturated heterocycles. The van der Waals surface area contributed by atoms with Gasteiger partial charge in [0.25, 0.3) is 11.8 Å². The number of hydrogen-bond donors (Lipinski definition) is 1. The molecule has 8 heterocycles. The van der Waals surface area contributed by atoms with Crippen molar-refractivity contribution in [2.24, 2.45) is 10.8 Å². The number of carbonyl (C=O) groups excluding carboxylic acids is 3. The van der Waals surface area contributed by atoms with Crippen LogP contribution in [0.4, 0.5) is 4.79 Å². The molecule has 4 aromatic heterocycles. The van der Waals surface area contributed by atoms with Crippen LogP contribution in [0.2, 0.25) is 8.67 Å². The normalized spacial score (nSPS) is 20.3. The van der Waals surface area contributed by atoms with E-state index < -0.39 is 10.8 Å². The molecule has 71 heavy (non-hydrogen) atoms. The third kappa shape index (κ3) is 10.9. The zero-order valence-corrected chi connectivity index (χ0v) is 43.7. The molecule has 11 rings (SSSR count). The summed E-state index contributed by atoms with van der Waals surface area (Å²) in [5.41, 5.74) is 7.46. The second kappa shape index (κ2) is 21.8. The van der Waals surface area contributed by atoms with Gasteiger partial charge in [-0.15, -0.1) is 22.7 Å². The lowest BCUT2D eigenvalue weighted by Crippen LogP contribution is -2.39. The fraction of sp³-hybridized carbons (Fsp3) is 0.473. The highest BCUT2D eigenvalue weighted by molar-refractivity contribution is 7.16. The first-order valence-electron chi connectivity index (χ1n) is 25.2. The number of amides is 1. The van der Waals surface area contributed by atoms with Crippen LogP contribution in [-0.2, 0) is 39.9 Å². The van der Waals surface area contributed by atoms with E-state index in [9.17, 15) is 14.4 Å². The van der Waals surface area contributed by atoms with Gasteiger partial charge in [-0.3, -0.25) is 14.5 Å². The van der Waals surface area contributed by atoms with Crippen LogP contribution in [0.15, 0.2) is 84.9 Å². The maximum absolute atomic E-state index is 14.0. The molecule has 0 radical (unpaired) electrons. The summed E-state index contributed by atoms with van der Waals surface area (Å²) in [7, 11) is 0. The molecule has 1 N–H and O–H groups in total. The Morgan fingerprint density at radius 1 is 0.690 bits per heavy atom. The Bertz CT molecular complexity index is 2810. The van der Waals surface area contributed by atoms with Gasteiger partial charge in [-0.2, -0.15) is 10.2 Å². The number of benzene rings is 2. The van der Waals surface area contributed by atoms with Crippen LogP contribution < -0.4 is 5.32 Å². The maximum atomic E-state index is 14.0. The highest BCUT2D eigenvalue weighted by Crippen LogP contribution is 2.45. The van der Waals surface area contributed by atoms with Crippen molar-refractivity contribution >= 4 is 63.8 Å². The van der Waals surface area contributed by atoms with Crippen LogP contribution in [0.1, 0.15) is 136 Å². The van der Waals surface area contributed by atoms with Gasteiger partial charge in [-0.1, -0.05) is 85.6 Å². The van der Waals surface area contributed by atoms with E-state index in [0.717, 1.165) is 101 Å². The monoisotopic (exact) mass is 1040 g/mol. The lowest BCUT2D eigenvalue weighted by Gasteiger charge is -2.31. The quantitative estimate of drug-likeness (QED) is 0.127. The molecule has 0 saturated carbocycles. The molecule has 1 amide bonds. The third-order valence-corrected chi connectivity index (χ3v) is 17.9. The predicted octanol–water partition coefficient (Wildman–Crippen LogP) is 12.2. The Balaban J connectivity index is 0.000000184. The summed E-state index contributed by atoms with van der Waals surface area (Å²) >= 11 is 15.4. The van der Waals surface area contributed by atoms with E-state index in [0.29, 0.717) is 52.2 Å². The zero-order valence-electron chi connectivity index (χ0n) is 40.5. The van der Waals surface area contributed by atoms with Crippen LogP contribution >= 0.6 is 45.9 Å². The van der Waals surface area contributed by atoms with Crippen molar-refractivity contribution in [1.29, 1.82) is 0 Å². The topological polar surface area (TPSA) is 130 Å². The zero-order chi connectivity index (χ0) is 49.1. The lowest BCUT2D eigenvalue weighted by atomic mass is 9.81. The summed E-state index contributed by atoms with van der Waals surface area (Å²) in [4.78, 5) is 45.2. The Morgan fingerprint density at radius 2 is 1.21 bits per heavy atom. The minimum absolute atomic E-state index is 0.00167.